The molecule has 0 aromatic heterocycles. The van der Waals surface area contributed by atoms with Gasteiger partial charge in [0.2, 0.25) is 0 Å². The van der Waals surface area contributed by atoms with E-state index >= 15 is 0 Å². The lowest BCUT2D eigenvalue weighted by Crippen LogP contribution is -2.15. The van der Waals surface area contributed by atoms with Crippen LogP contribution in [0.3, 0.4) is 0 Å². The van der Waals surface area contributed by atoms with Gasteiger partial charge in [-0.25, -0.2) is 0 Å². The maximum atomic E-state index is 12.6. The minimum absolute atomic E-state index is 0.0421. The van der Waals surface area contributed by atoms with Crippen LogP contribution in [0.2, 0.25) is 0 Å². The van der Waals surface area contributed by atoms with Crippen molar-refractivity contribution in [1.29, 1.82) is 0 Å². The fraction of sp³-hybridized carbons (Fsp3) is 0.400. The standard InChI is InChI=1S/C10H7BrF6O/c11-7-3-1-2-6(10(15,16)17)8(7)18-5-4-9(12,13)14/h1-3H,4-5H2. The smallest absolute Gasteiger partial charge is 0.420 e. The van der Waals surface area contributed by atoms with Crippen molar-refractivity contribution in [3.8, 4) is 5.75 Å². The Hall–Kier alpha value is -0.920. The molecule has 0 aliphatic heterocycles. The van der Waals surface area contributed by atoms with Crippen molar-refractivity contribution in [2.24, 2.45) is 0 Å². The fourth-order valence-corrected chi connectivity index (χ4v) is 1.63. The topological polar surface area (TPSA) is 9.23 Å². The van der Waals surface area contributed by atoms with Crippen LogP contribution in [0.4, 0.5) is 26.3 Å². The summed E-state index contributed by atoms with van der Waals surface area (Å²) in [6, 6.07) is 3.13. The highest BCUT2D eigenvalue weighted by atomic mass is 79.9. The summed E-state index contributed by atoms with van der Waals surface area (Å²) in [7, 11) is 0. The summed E-state index contributed by atoms with van der Waals surface area (Å²) in [4.78, 5) is 0. The van der Waals surface area contributed by atoms with E-state index in [1.165, 1.54) is 6.07 Å². The van der Waals surface area contributed by atoms with E-state index in [0.717, 1.165) is 12.1 Å². The molecule has 1 aromatic rings. The lowest BCUT2D eigenvalue weighted by atomic mass is 10.2. The molecule has 0 aliphatic rings. The van der Waals surface area contributed by atoms with Gasteiger partial charge in [-0.15, -0.1) is 0 Å². The molecule has 0 spiro atoms. The van der Waals surface area contributed by atoms with E-state index in [2.05, 4.69) is 20.7 Å². The zero-order valence-corrected chi connectivity index (χ0v) is 10.3. The molecular weight excluding hydrogens is 330 g/mol. The summed E-state index contributed by atoms with van der Waals surface area (Å²) in [5.74, 6) is -0.630. The summed E-state index contributed by atoms with van der Waals surface area (Å²) in [6.07, 6.45) is -10.5. The van der Waals surface area contributed by atoms with Crippen molar-refractivity contribution < 1.29 is 31.1 Å². The lowest BCUT2D eigenvalue weighted by Gasteiger charge is -2.15. The first-order valence-electron chi connectivity index (χ1n) is 4.66. The van der Waals surface area contributed by atoms with Gasteiger partial charge in [0.05, 0.1) is 23.1 Å². The van der Waals surface area contributed by atoms with Crippen LogP contribution in [0.15, 0.2) is 22.7 Å². The average molecular weight is 337 g/mol. The number of rotatable bonds is 3. The molecule has 0 amide bonds. The molecule has 1 rings (SSSR count). The van der Waals surface area contributed by atoms with Crippen molar-refractivity contribution in [2.75, 3.05) is 6.61 Å². The van der Waals surface area contributed by atoms with Crippen LogP contribution in [0.1, 0.15) is 12.0 Å². The zero-order chi connectivity index (χ0) is 14.0. The maximum Gasteiger partial charge on any atom is 0.420 e. The summed E-state index contributed by atoms with van der Waals surface area (Å²) in [5.41, 5.74) is -1.11. The molecule has 18 heavy (non-hydrogen) atoms. The highest BCUT2D eigenvalue weighted by Crippen LogP contribution is 2.40. The summed E-state index contributed by atoms with van der Waals surface area (Å²) in [5, 5.41) is 0. The van der Waals surface area contributed by atoms with E-state index < -0.39 is 36.7 Å². The zero-order valence-electron chi connectivity index (χ0n) is 8.70. The fourth-order valence-electron chi connectivity index (χ4n) is 1.15. The molecule has 0 fully saturated rings. The van der Waals surface area contributed by atoms with Crippen LogP contribution in [0.25, 0.3) is 0 Å². The second kappa shape index (κ2) is 5.38. The second-order valence-corrected chi connectivity index (χ2v) is 4.18. The van der Waals surface area contributed by atoms with Gasteiger partial charge in [-0.3, -0.25) is 0 Å². The Morgan fingerprint density at radius 3 is 2.17 bits per heavy atom. The van der Waals surface area contributed by atoms with Crippen LogP contribution in [0, 0.1) is 0 Å². The first kappa shape index (κ1) is 15.1. The van der Waals surface area contributed by atoms with E-state index in [9.17, 15) is 26.3 Å². The Bertz CT molecular complexity index is 412. The van der Waals surface area contributed by atoms with Crippen molar-refractivity contribution in [1.82, 2.24) is 0 Å². The molecule has 1 aromatic carbocycles. The Balaban J connectivity index is 2.88. The van der Waals surface area contributed by atoms with Gasteiger partial charge in [0, 0.05) is 0 Å². The quantitative estimate of drug-likeness (QED) is 0.720. The van der Waals surface area contributed by atoms with E-state index in [0.29, 0.717) is 0 Å². The highest BCUT2D eigenvalue weighted by molar-refractivity contribution is 9.10. The van der Waals surface area contributed by atoms with Crippen LogP contribution in [0.5, 0.6) is 5.75 Å². The molecule has 0 atom stereocenters. The largest absolute Gasteiger partial charge is 0.491 e. The van der Waals surface area contributed by atoms with Crippen molar-refractivity contribution in [3.63, 3.8) is 0 Å². The third kappa shape index (κ3) is 4.40. The van der Waals surface area contributed by atoms with Crippen molar-refractivity contribution >= 4 is 15.9 Å². The number of hydrogen-bond acceptors (Lipinski definition) is 1. The van der Waals surface area contributed by atoms with Crippen molar-refractivity contribution in [3.05, 3.63) is 28.2 Å². The van der Waals surface area contributed by atoms with Crippen LogP contribution in [-0.4, -0.2) is 12.8 Å². The molecule has 0 aliphatic carbocycles. The van der Waals surface area contributed by atoms with Gasteiger partial charge < -0.3 is 4.74 Å². The van der Waals surface area contributed by atoms with Gasteiger partial charge in [-0.05, 0) is 28.1 Å². The Morgan fingerprint density at radius 2 is 1.67 bits per heavy atom. The summed E-state index contributed by atoms with van der Waals surface area (Å²) >= 11 is 2.81. The van der Waals surface area contributed by atoms with Gasteiger partial charge in [0.1, 0.15) is 5.75 Å². The molecule has 0 heterocycles. The Kier molecular flexibility index (Phi) is 4.52. The number of benzene rings is 1. The van der Waals surface area contributed by atoms with Gasteiger partial charge in [-0.2, -0.15) is 26.3 Å². The number of ether oxygens (including phenoxy) is 1. The van der Waals surface area contributed by atoms with E-state index in [4.69, 9.17) is 0 Å². The molecule has 0 unspecified atom stereocenters. The minimum atomic E-state index is -4.68. The maximum absolute atomic E-state index is 12.6. The number of alkyl halides is 6. The predicted molar refractivity (Wildman–Crippen MR) is 55.3 cm³/mol. The molecule has 0 bridgehead atoms. The van der Waals surface area contributed by atoms with Crippen LogP contribution < -0.4 is 4.74 Å². The number of para-hydroxylation sites is 1. The van der Waals surface area contributed by atoms with Gasteiger partial charge in [-0.1, -0.05) is 6.07 Å². The molecule has 0 saturated heterocycles. The number of halogens is 7. The Morgan fingerprint density at radius 1 is 1.06 bits per heavy atom. The third-order valence-corrected chi connectivity index (χ3v) is 2.53. The highest BCUT2D eigenvalue weighted by Gasteiger charge is 2.35. The first-order chi connectivity index (χ1) is 8.11. The normalized spacial score (nSPS) is 12.6. The summed E-state index contributed by atoms with van der Waals surface area (Å²) < 4.78 is 77.9. The first-order valence-corrected chi connectivity index (χ1v) is 5.46. The average Bonchev–Trinajstić information content (AvgIpc) is 2.16. The molecule has 102 valence electrons. The lowest BCUT2D eigenvalue weighted by molar-refractivity contribution is -0.143. The number of hydrogen-bond donors (Lipinski definition) is 0. The van der Waals surface area contributed by atoms with Crippen LogP contribution >= 0.6 is 15.9 Å². The molecule has 0 saturated carbocycles. The van der Waals surface area contributed by atoms with Crippen molar-refractivity contribution in [2.45, 2.75) is 18.8 Å². The van der Waals surface area contributed by atoms with E-state index in [-0.39, 0.29) is 4.47 Å². The second-order valence-electron chi connectivity index (χ2n) is 3.33. The third-order valence-electron chi connectivity index (χ3n) is 1.90. The minimum Gasteiger partial charge on any atom is -0.491 e. The predicted octanol–water partition coefficient (Wildman–Crippen LogP) is 4.80. The molecule has 8 heteroatoms. The van der Waals surface area contributed by atoms with E-state index in [1.807, 2.05) is 0 Å². The van der Waals surface area contributed by atoms with Gasteiger partial charge in [0.25, 0.3) is 0 Å². The summed E-state index contributed by atoms with van der Waals surface area (Å²) in [6.45, 7) is -0.866. The van der Waals surface area contributed by atoms with Crippen LogP contribution in [-0.2, 0) is 6.18 Å². The molecule has 0 radical (unpaired) electrons. The van der Waals surface area contributed by atoms with E-state index in [1.54, 1.807) is 0 Å². The Labute approximate surface area is 107 Å². The monoisotopic (exact) mass is 336 g/mol. The van der Waals surface area contributed by atoms with Gasteiger partial charge >= 0.3 is 12.4 Å². The SMILES string of the molecule is FC(F)(F)CCOc1c(Br)cccc1C(F)(F)F. The van der Waals surface area contributed by atoms with Gasteiger partial charge in [0.15, 0.2) is 0 Å². The molecular formula is C10H7BrF6O. The molecule has 0 N–H and O–H groups in total. The molecule has 1 nitrogen and oxygen atoms in total.